The molecule has 0 spiro atoms. The maximum absolute atomic E-state index is 13.0. The topological polar surface area (TPSA) is 107 Å². The van der Waals surface area contributed by atoms with Gasteiger partial charge < -0.3 is 15.0 Å². The number of nitrogens with zero attached hydrogens (tertiary/aromatic N) is 6. The van der Waals surface area contributed by atoms with E-state index in [1.165, 1.54) is 10.9 Å². The molecule has 0 atom stereocenters. The van der Waals surface area contributed by atoms with E-state index in [0.29, 0.717) is 35.8 Å². The molecule has 1 saturated heterocycles. The van der Waals surface area contributed by atoms with Crippen LogP contribution in [0.4, 0.5) is 5.69 Å². The summed E-state index contributed by atoms with van der Waals surface area (Å²) in [5, 5.41) is 11.4. The number of anilines is 1. The van der Waals surface area contributed by atoms with Gasteiger partial charge in [0.05, 0.1) is 18.9 Å². The van der Waals surface area contributed by atoms with E-state index in [9.17, 15) is 9.59 Å². The number of likely N-dealkylation sites (tertiary alicyclic amines) is 1. The van der Waals surface area contributed by atoms with Gasteiger partial charge in [-0.05, 0) is 36.8 Å². The largest absolute Gasteiger partial charge is 0.497 e. The van der Waals surface area contributed by atoms with Crippen molar-refractivity contribution >= 4 is 23.1 Å². The highest BCUT2D eigenvalue weighted by molar-refractivity contribution is 6.11. The number of methoxy groups -OCH3 is 1. The van der Waals surface area contributed by atoms with E-state index in [4.69, 9.17) is 4.74 Å². The monoisotopic (exact) mass is 431 g/mol. The maximum Gasteiger partial charge on any atom is 0.274 e. The summed E-state index contributed by atoms with van der Waals surface area (Å²) in [6, 6.07) is 10.9. The smallest absolute Gasteiger partial charge is 0.274 e. The fraction of sp³-hybridized carbons (Fsp3) is 0.227. The average Bonchev–Trinajstić information content (AvgIpc) is 3.35. The normalized spacial score (nSPS) is 13.1. The lowest BCUT2D eigenvalue weighted by molar-refractivity contribution is 0.0648. The Balaban J connectivity index is 1.39. The lowest BCUT2D eigenvalue weighted by Crippen LogP contribution is -2.42. The second-order valence-electron chi connectivity index (χ2n) is 7.51. The summed E-state index contributed by atoms with van der Waals surface area (Å²) in [4.78, 5) is 31.9. The number of rotatable bonds is 5. The molecule has 2 amide bonds. The van der Waals surface area contributed by atoms with Gasteiger partial charge in [-0.1, -0.05) is 0 Å². The number of carbonyl (C=O) groups is 2. The summed E-state index contributed by atoms with van der Waals surface area (Å²) in [5.41, 5.74) is 2.50. The molecule has 10 nitrogen and oxygen atoms in total. The molecule has 0 saturated carbocycles. The van der Waals surface area contributed by atoms with Crippen molar-refractivity contribution in [3.63, 3.8) is 0 Å². The van der Waals surface area contributed by atoms with Crippen molar-refractivity contribution in [1.82, 2.24) is 29.3 Å². The first-order valence-electron chi connectivity index (χ1n) is 10.2. The van der Waals surface area contributed by atoms with Crippen LogP contribution in [0.1, 0.15) is 27.3 Å². The van der Waals surface area contributed by atoms with Crippen molar-refractivity contribution in [2.75, 3.05) is 25.5 Å². The Kier molecular flexibility index (Phi) is 4.81. The Morgan fingerprint density at radius 3 is 2.59 bits per heavy atom. The molecule has 32 heavy (non-hydrogen) atoms. The molecule has 1 fully saturated rings. The number of carbonyl (C=O) groups excluding carboxylic acids is 2. The molecule has 0 aliphatic carbocycles. The van der Waals surface area contributed by atoms with Crippen molar-refractivity contribution in [3.05, 3.63) is 60.0 Å². The van der Waals surface area contributed by atoms with Crippen molar-refractivity contribution < 1.29 is 14.3 Å². The Labute approximate surface area is 183 Å². The van der Waals surface area contributed by atoms with Crippen LogP contribution < -0.4 is 10.1 Å². The minimum absolute atomic E-state index is 0.174. The number of hydrogen-bond acceptors (Lipinski definition) is 6. The van der Waals surface area contributed by atoms with Crippen molar-refractivity contribution in [2.45, 2.75) is 6.42 Å². The number of ether oxygens (including phenoxy) is 1. The molecule has 4 heterocycles. The molecular formula is C22H21N7O3. The van der Waals surface area contributed by atoms with Gasteiger partial charge in [0.2, 0.25) is 0 Å². The summed E-state index contributed by atoms with van der Waals surface area (Å²) in [5.74, 6) is 0.731. The first kappa shape index (κ1) is 19.7. The van der Waals surface area contributed by atoms with Gasteiger partial charge in [-0.15, -0.1) is 5.10 Å². The van der Waals surface area contributed by atoms with E-state index in [1.54, 1.807) is 41.9 Å². The Morgan fingerprint density at radius 2 is 1.91 bits per heavy atom. The van der Waals surface area contributed by atoms with Crippen LogP contribution in [0.3, 0.4) is 0 Å². The third-order valence-corrected chi connectivity index (χ3v) is 5.47. The third-order valence-electron chi connectivity index (χ3n) is 5.47. The van der Waals surface area contributed by atoms with Crippen LogP contribution in [0.5, 0.6) is 5.75 Å². The van der Waals surface area contributed by atoms with Gasteiger partial charge in [0.25, 0.3) is 11.8 Å². The van der Waals surface area contributed by atoms with Gasteiger partial charge in [0, 0.05) is 43.7 Å². The van der Waals surface area contributed by atoms with Gasteiger partial charge in [-0.3, -0.25) is 14.3 Å². The minimum atomic E-state index is -0.409. The summed E-state index contributed by atoms with van der Waals surface area (Å²) < 4.78 is 8.24. The lowest BCUT2D eigenvalue weighted by atomic mass is 10.1. The zero-order chi connectivity index (χ0) is 22.2. The lowest BCUT2D eigenvalue weighted by Gasteiger charge is -2.30. The molecular weight excluding hydrogens is 410 g/mol. The van der Waals surface area contributed by atoms with Crippen LogP contribution >= 0.6 is 0 Å². The zero-order valence-corrected chi connectivity index (χ0v) is 17.6. The SMILES string of the molecule is COc1ccc(-c2nc3cc(NC(=O)c4c(C(=O)N5CCC5)cnn4C)ccn3n2)cc1. The highest BCUT2D eigenvalue weighted by Crippen LogP contribution is 2.22. The van der Waals surface area contributed by atoms with E-state index >= 15 is 0 Å². The third kappa shape index (κ3) is 3.45. The molecule has 0 bridgehead atoms. The summed E-state index contributed by atoms with van der Waals surface area (Å²) in [7, 11) is 3.26. The predicted octanol–water partition coefficient (Wildman–Crippen LogP) is 2.24. The molecule has 3 aromatic heterocycles. The standard InChI is InChI=1S/C22H21N7O3/c1-27-19(17(13-23-27)22(31)28-9-3-10-28)21(30)24-15-8-11-29-18(12-15)25-20(26-29)14-4-6-16(32-2)7-5-14/h4-8,11-13H,3,9-10H2,1-2H3,(H,24,30). The molecule has 4 aromatic rings. The predicted molar refractivity (Wildman–Crippen MR) is 117 cm³/mol. The molecule has 1 aromatic carbocycles. The number of aryl methyl sites for hydroxylation is 1. The van der Waals surface area contributed by atoms with Gasteiger partial charge >= 0.3 is 0 Å². The number of benzene rings is 1. The fourth-order valence-corrected chi connectivity index (χ4v) is 3.56. The molecule has 0 unspecified atom stereocenters. The van der Waals surface area contributed by atoms with E-state index in [2.05, 4.69) is 20.5 Å². The molecule has 10 heteroatoms. The molecule has 0 radical (unpaired) electrons. The first-order chi connectivity index (χ1) is 15.5. The number of amides is 2. The first-order valence-corrected chi connectivity index (χ1v) is 10.2. The molecule has 1 aliphatic heterocycles. The zero-order valence-electron chi connectivity index (χ0n) is 17.6. The van der Waals surface area contributed by atoms with E-state index in [1.807, 2.05) is 24.3 Å². The van der Waals surface area contributed by atoms with E-state index < -0.39 is 5.91 Å². The van der Waals surface area contributed by atoms with E-state index in [0.717, 1.165) is 17.7 Å². The van der Waals surface area contributed by atoms with Crippen LogP contribution in [0.15, 0.2) is 48.8 Å². The number of pyridine rings is 1. The number of fused-ring (bicyclic) bond motifs is 1. The van der Waals surface area contributed by atoms with Gasteiger partial charge in [-0.2, -0.15) is 5.10 Å². The van der Waals surface area contributed by atoms with Crippen molar-refractivity contribution in [3.8, 4) is 17.1 Å². The van der Waals surface area contributed by atoms with Crippen LogP contribution in [-0.2, 0) is 7.05 Å². The van der Waals surface area contributed by atoms with Crippen LogP contribution in [0, 0.1) is 0 Å². The molecule has 162 valence electrons. The second kappa shape index (κ2) is 7.80. The molecule has 5 rings (SSSR count). The fourth-order valence-electron chi connectivity index (χ4n) is 3.56. The Morgan fingerprint density at radius 1 is 1.12 bits per heavy atom. The van der Waals surface area contributed by atoms with Crippen molar-refractivity contribution in [1.29, 1.82) is 0 Å². The molecule has 1 N–H and O–H groups in total. The summed E-state index contributed by atoms with van der Waals surface area (Å²) in [6.45, 7) is 1.41. The van der Waals surface area contributed by atoms with E-state index in [-0.39, 0.29) is 11.6 Å². The second-order valence-corrected chi connectivity index (χ2v) is 7.51. The highest BCUT2D eigenvalue weighted by atomic mass is 16.5. The quantitative estimate of drug-likeness (QED) is 0.519. The van der Waals surface area contributed by atoms with Crippen LogP contribution in [0.25, 0.3) is 17.0 Å². The van der Waals surface area contributed by atoms with Crippen LogP contribution in [0.2, 0.25) is 0 Å². The highest BCUT2D eigenvalue weighted by Gasteiger charge is 2.28. The number of aromatic nitrogens is 5. The Hall–Kier alpha value is -4.21. The minimum Gasteiger partial charge on any atom is -0.497 e. The Bertz CT molecular complexity index is 1320. The van der Waals surface area contributed by atoms with Gasteiger partial charge in [0.15, 0.2) is 11.5 Å². The summed E-state index contributed by atoms with van der Waals surface area (Å²) in [6.07, 6.45) is 4.14. The average molecular weight is 431 g/mol. The van der Waals surface area contributed by atoms with Crippen molar-refractivity contribution in [2.24, 2.45) is 7.05 Å². The summed E-state index contributed by atoms with van der Waals surface area (Å²) >= 11 is 0. The number of nitrogens with one attached hydrogen (secondary N) is 1. The number of hydrogen-bond donors (Lipinski definition) is 1. The van der Waals surface area contributed by atoms with Crippen LogP contribution in [-0.4, -0.2) is 61.3 Å². The maximum atomic E-state index is 13.0. The molecule has 1 aliphatic rings. The van der Waals surface area contributed by atoms with Gasteiger partial charge in [0.1, 0.15) is 11.4 Å². The van der Waals surface area contributed by atoms with Gasteiger partial charge in [-0.25, -0.2) is 9.50 Å².